The average molecular weight is 269 g/mol. The van der Waals surface area contributed by atoms with Gasteiger partial charge in [-0.25, -0.2) is 4.98 Å². The van der Waals surface area contributed by atoms with Gasteiger partial charge in [-0.15, -0.1) is 0 Å². The van der Waals surface area contributed by atoms with Crippen LogP contribution in [-0.4, -0.2) is 22.4 Å². The number of aromatic nitrogens is 2. The summed E-state index contributed by atoms with van der Waals surface area (Å²) < 4.78 is 6.84. The summed E-state index contributed by atoms with van der Waals surface area (Å²) >= 11 is 0. The Hall–Kier alpha value is -2.61. The van der Waals surface area contributed by atoms with E-state index in [2.05, 4.69) is 4.98 Å². The molecule has 5 heteroatoms. The van der Waals surface area contributed by atoms with Crippen LogP contribution in [0.2, 0.25) is 0 Å². The van der Waals surface area contributed by atoms with E-state index in [1.165, 1.54) is 6.20 Å². The van der Waals surface area contributed by atoms with Crippen molar-refractivity contribution in [2.75, 3.05) is 7.11 Å². The van der Waals surface area contributed by atoms with Crippen LogP contribution in [0.4, 0.5) is 0 Å². The van der Waals surface area contributed by atoms with Crippen LogP contribution >= 0.6 is 0 Å². The van der Waals surface area contributed by atoms with Crippen molar-refractivity contribution in [2.24, 2.45) is 7.05 Å². The molecule has 0 bridgehead atoms. The minimum absolute atomic E-state index is 0.274. The number of carbonyl (C=O) groups excluding carboxylic acids is 1. The fraction of sp³-hybridized carbons (Fsp3) is 0.267. The number of hydrogen-bond donors (Lipinski definition) is 0. The molecule has 1 atom stereocenters. The smallest absolute Gasteiger partial charge is 0.219 e. The second-order valence-corrected chi connectivity index (χ2v) is 4.52. The van der Waals surface area contributed by atoms with Crippen molar-refractivity contribution in [3.05, 3.63) is 47.5 Å². The largest absolute Gasteiger partial charge is 0.496 e. The SMILES string of the molecule is COc1cc(C(C#N)C(=O)c2nccn2C)ccc1C. The molecular weight excluding hydrogens is 254 g/mol. The van der Waals surface area contributed by atoms with Gasteiger partial charge in [-0.3, -0.25) is 4.79 Å². The third-order valence-electron chi connectivity index (χ3n) is 3.20. The molecule has 2 aromatic rings. The molecule has 0 aliphatic carbocycles. The van der Waals surface area contributed by atoms with Crippen molar-refractivity contribution in [1.82, 2.24) is 9.55 Å². The zero-order chi connectivity index (χ0) is 14.7. The molecule has 0 saturated heterocycles. The van der Waals surface area contributed by atoms with E-state index in [0.29, 0.717) is 11.3 Å². The zero-order valence-corrected chi connectivity index (χ0v) is 11.6. The Bertz CT molecular complexity index is 683. The van der Waals surface area contributed by atoms with Gasteiger partial charge in [0.15, 0.2) is 5.82 Å². The maximum atomic E-state index is 12.4. The molecule has 20 heavy (non-hydrogen) atoms. The van der Waals surface area contributed by atoms with Gasteiger partial charge in [0.05, 0.1) is 13.2 Å². The normalized spacial score (nSPS) is 11.7. The molecule has 0 spiro atoms. The first-order chi connectivity index (χ1) is 9.58. The number of ether oxygens (including phenoxy) is 1. The van der Waals surface area contributed by atoms with E-state index in [9.17, 15) is 10.1 Å². The van der Waals surface area contributed by atoms with E-state index >= 15 is 0 Å². The highest BCUT2D eigenvalue weighted by atomic mass is 16.5. The van der Waals surface area contributed by atoms with Gasteiger partial charge in [0.25, 0.3) is 0 Å². The molecule has 0 amide bonds. The van der Waals surface area contributed by atoms with Gasteiger partial charge in [0.2, 0.25) is 5.78 Å². The maximum absolute atomic E-state index is 12.4. The summed E-state index contributed by atoms with van der Waals surface area (Å²) in [5.74, 6) is -0.261. The Kier molecular flexibility index (Phi) is 3.85. The predicted octanol–water partition coefficient (Wildman–Crippen LogP) is 2.23. The predicted molar refractivity (Wildman–Crippen MR) is 73.6 cm³/mol. The third kappa shape index (κ3) is 2.41. The molecule has 1 aromatic heterocycles. The van der Waals surface area contributed by atoms with Crippen molar-refractivity contribution in [1.29, 1.82) is 5.26 Å². The van der Waals surface area contributed by atoms with Crippen LogP contribution in [-0.2, 0) is 7.05 Å². The van der Waals surface area contributed by atoms with Crippen LogP contribution in [0.1, 0.15) is 27.7 Å². The number of hydrogen-bond acceptors (Lipinski definition) is 4. The summed E-state index contributed by atoms with van der Waals surface area (Å²) in [6.07, 6.45) is 3.22. The molecule has 2 rings (SSSR count). The highest BCUT2D eigenvalue weighted by Gasteiger charge is 2.25. The quantitative estimate of drug-likeness (QED) is 0.798. The topological polar surface area (TPSA) is 67.9 Å². The zero-order valence-electron chi connectivity index (χ0n) is 11.6. The van der Waals surface area contributed by atoms with Gasteiger partial charge in [0.1, 0.15) is 11.7 Å². The van der Waals surface area contributed by atoms with Gasteiger partial charge < -0.3 is 9.30 Å². The summed E-state index contributed by atoms with van der Waals surface area (Å²) in [5.41, 5.74) is 1.57. The van der Waals surface area contributed by atoms with Gasteiger partial charge in [-0.05, 0) is 24.1 Å². The van der Waals surface area contributed by atoms with Crippen LogP contribution in [0.15, 0.2) is 30.6 Å². The van der Waals surface area contributed by atoms with Gasteiger partial charge in [-0.2, -0.15) is 5.26 Å². The molecule has 0 radical (unpaired) electrons. The Labute approximate surface area is 117 Å². The fourth-order valence-corrected chi connectivity index (χ4v) is 2.03. The summed E-state index contributed by atoms with van der Waals surface area (Å²) in [7, 11) is 3.29. The maximum Gasteiger partial charge on any atom is 0.219 e. The number of ketones is 1. The number of carbonyl (C=O) groups is 1. The highest BCUT2D eigenvalue weighted by molar-refractivity contribution is 6.00. The standard InChI is InChI=1S/C15H15N3O2/c1-10-4-5-11(8-13(10)20-3)12(9-16)14(19)15-17-6-7-18(15)2/h4-8,12H,1-3H3. The van der Waals surface area contributed by atoms with Crippen molar-refractivity contribution in [3.63, 3.8) is 0 Å². The lowest BCUT2D eigenvalue weighted by atomic mass is 9.94. The first kappa shape index (κ1) is 13.8. The van der Waals surface area contributed by atoms with Crippen molar-refractivity contribution < 1.29 is 9.53 Å². The van der Waals surface area contributed by atoms with Crippen LogP contribution in [0, 0.1) is 18.3 Å². The molecule has 0 fully saturated rings. The molecule has 0 N–H and O–H groups in total. The number of nitrogens with zero attached hydrogens (tertiary/aromatic N) is 3. The van der Waals surface area contributed by atoms with Gasteiger partial charge >= 0.3 is 0 Å². The second-order valence-electron chi connectivity index (χ2n) is 4.52. The van der Waals surface area contributed by atoms with Crippen molar-refractivity contribution in [2.45, 2.75) is 12.8 Å². The lowest BCUT2D eigenvalue weighted by Gasteiger charge is -2.11. The number of nitriles is 1. The molecule has 0 aliphatic rings. The van der Waals surface area contributed by atoms with Gasteiger partial charge in [0, 0.05) is 19.4 Å². The summed E-state index contributed by atoms with van der Waals surface area (Å²) in [5, 5.41) is 9.32. The van der Waals surface area contributed by atoms with Crippen molar-refractivity contribution in [3.8, 4) is 11.8 Å². The van der Waals surface area contributed by atoms with Crippen LogP contribution < -0.4 is 4.74 Å². The molecule has 1 unspecified atom stereocenters. The first-order valence-corrected chi connectivity index (χ1v) is 6.14. The molecule has 0 aliphatic heterocycles. The molecule has 1 aromatic carbocycles. The van der Waals surface area contributed by atoms with E-state index in [4.69, 9.17) is 4.74 Å². The number of methoxy groups -OCH3 is 1. The van der Waals surface area contributed by atoms with E-state index in [1.807, 2.05) is 19.1 Å². The molecule has 102 valence electrons. The number of aryl methyl sites for hydroxylation is 2. The second kappa shape index (κ2) is 5.57. The van der Waals surface area contributed by atoms with Crippen LogP contribution in [0.5, 0.6) is 5.75 Å². The Morgan fingerprint density at radius 1 is 1.50 bits per heavy atom. The monoisotopic (exact) mass is 269 g/mol. The van der Waals surface area contributed by atoms with Crippen LogP contribution in [0.3, 0.4) is 0 Å². The number of benzene rings is 1. The highest BCUT2D eigenvalue weighted by Crippen LogP contribution is 2.26. The lowest BCUT2D eigenvalue weighted by molar-refractivity contribution is 0.0966. The summed E-state index contributed by atoms with van der Waals surface area (Å²) in [4.78, 5) is 16.4. The number of rotatable bonds is 4. The van der Waals surface area contributed by atoms with E-state index < -0.39 is 5.92 Å². The third-order valence-corrected chi connectivity index (χ3v) is 3.20. The molecule has 5 nitrogen and oxygen atoms in total. The van der Waals surface area contributed by atoms with E-state index in [0.717, 1.165) is 5.56 Å². The molecular formula is C15H15N3O2. The van der Waals surface area contributed by atoms with Crippen molar-refractivity contribution >= 4 is 5.78 Å². The Morgan fingerprint density at radius 2 is 2.25 bits per heavy atom. The number of imidazole rings is 1. The van der Waals surface area contributed by atoms with Gasteiger partial charge in [-0.1, -0.05) is 12.1 Å². The lowest BCUT2D eigenvalue weighted by Crippen LogP contribution is -2.16. The molecule has 0 saturated carbocycles. The fourth-order valence-electron chi connectivity index (χ4n) is 2.03. The minimum atomic E-state index is -0.884. The summed E-state index contributed by atoms with van der Waals surface area (Å²) in [6.45, 7) is 1.91. The Balaban J connectivity index is 2.41. The van der Waals surface area contributed by atoms with E-state index in [1.54, 1.807) is 37.1 Å². The molecule has 1 heterocycles. The minimum Gasteiger partial charge on any atom is -0.496 e. The van der Waals surface area contributed by atoms with E-state index in [-0.39, 0.29) is 11.6 Å². The summed E-state index contributed by atoms with van der Waals surface area (Å²) in [6, 6.07) is 7.38. The number of Topliss-reactive ketones (excluding diaryl/α,β-unsaturated/α-hetero) is 1. The average Bonchev–Trinajstić information content (AvgIpc) is 2.87. The van der Waals surface area contributed by atoms with Crippen LogP contribution in [0.25, 0.3) is 0 Å². The first-order valence-electron chi connectivity index (χ1n) is 6.14. The Morgan fingerprint density at radius 3 is 2.80 bits per heavy atom.